The first-order valence-electron chi connectivity index (χ1n) is 6.03. The van der Waals surface area contributed by atoms with E-state index in [9.17, 15) is 9.59 Å². The molecule has 1 aromatic rings. The maximum atomic E-state index is 11.8. The van der Waals surface area contributed by atoms with Crippen molar-refractivity contribution in [3.63, 3.8) is 0 Å². The Kier molecular flexibility index (Phi) is 3.81. The second kappa shape index (κ2) is 5.52. The number of piperidine rings is 1. The number of anilines is 1. The minimum Gasteiger partial charge on any atom is -0.396 e. The Morgan fingerprint density at radius 2 is 2.11 bits per heavy atom. The zero-order valence-corrected chi connectivity index (χ0v) is 10.1. The SMILES string of the molecule is Nc1cn[nH]c1C(=O)NCC(=O)N1CCCCC1. The van der Waals surface area contributed by atoms with Crippen LogP contribution in [0.4, 0.5) is 5.69 Å². The Labute approximate surface area is 105 Å². The van der Waals surface area contributed by atoms with Crippen LogP contribution in [0, 0.1) is 0 Å². The van der Waals surface area contributed by atoms with Gasteiger partial charge in [-0.25, -0.2) is 0 Å². The molecule has 1 saturated heterocycles. The van der Waals surface area contributed by atoms with Crippen molar-refractivity contribution < 1.29 is 9.59 Å². The molecule has 2 amide bonds. The first-order valence-corrected chi connectivity index (χ1v) is 6.03. The normalized spacial score (nSPS) is 15.4. The van der Waals surface area contributed by atoms with E-state index in [1.54, 1.807) is 4.90 Å². The van der Waals surface area contributed by atoms with Gasteiger partial charge in [-0.3, -0.25) is 14.7 Å². The van der Waals surface area contributed by atoms with E-state index < -0.39 is 5.91 Å². The number of rotatable bonds is 3. The van der Waals surface area contributed by atoms with Gasteiger partial charge in [0.25, 0.3) is 5.91 Å². The van der Waals surface area contributed by atoms with Gasteiger partial charge >= 0.3 is 0 Å². The lowest BCUT2D eigenvalue weighted by atomic mass is 10.1. The lowest BCUT2D eigenvalue weighted by Crippen LogP contribution is -2.42. The largest absolute Gasteiger partial charge is 0.396 e. The Balaban J connectivity index is 1.82. The van der Waals surface area contributed by atoms with E-state index in [-0.39, 0.29) is 23.8 Å². The van der Waals surface area contributed by atoms with E-state index in [2.05, 4.69) is 15.5 Å². The fourth-order valence-electron chi connectivity index (χ4n) is 1.98. The molecule has 0 bridgehead atoms. The predicted molar refractivity (Wildman–Crippen MR) is 65.8 cm³/mol. The molecule has 2 rings (SSSR count). The molecule has 18 heavy (non-hydrogen) atoms. The quantitative estimate of drug-likeness (QED) is 0.688. The number of hydrogen-bond acceptors (Lipinski definition) is 4. The van der Waals surface area contributed by atoms with Crippen LogP contribution in [0.1, 0.15) is 29.8 Å². The number of nitrogens with zero attached hydrogens (tertiary/aromatic N) is 2. The molecule has 0 saturated carbocycles. The van der Waals surface area contributed by atoms with Crippen LogP contribution >= 0.6 is 0 Å². The summed E-state index contributed by atoms with van der Waals surface area (Å²) in [6, 6.07) is 0. The topological polar surface area (TPSA) is 104 Å². The first-order chi connectivity index (χ1) is 8.68. The molecule has 1 fully saturated rings. The van der Waals surface area contributed by atoms with Crippen LogP contribution in [0.25, 0.3) is 0 Å². The van der Waals surface area contributed by atoms with Crippen molar-refractivity contribution in [3.8, 4) is 0 Å². The summed E-state index contributed by atoms with van der Waals surface area (Å²) in [7, 11) is 0. The molecule has 0 aliphatic carbocycles. The lowest BCUT2D eigenvalue weighted by Gasteiger charge is -2.26. The Bertz CT molecular complexity index is 436. The summed E-state index contributed by atoms with van der Waals surface area (Å²) >= 11 is 0. The van der Waals surface area contributed by atoms with Gasteiger partial charge in [0.05, 0.1) is 18.4 Å². The Morgan fingerprint density at radius 1 is 1.39 bits per heavy atom. The second-order valence-electron chi connectivity index (χ2n) is 4.32. The van der Waals surface area contributed by atoms with Crippen LogP contribution < -0.4 is 11.1 Å². The second-order valence-corrected chi connectivity index (χ2v) is 4.32. The van der Waals surface area contributed by atoms with E-state index in [1.165, 1.54) is 12.6 Å². The van der Waals surface area contributed by atoms with Crippen LogP contribution in [-0.2, 0) is 4.79 Å². The number of H-pyrrole nitrogens is 1. The fourth-order valence-corrected chi connectivity index (χ4v) is 1.98. The molecule has 0 atom stereocenters. The summed E-state index contributed by atoms with van der Waals surface area (Å²) in [6.45, 7) is 1.55. The molecule has 1 aliphatic heterocycles. The van der Waals surface area contributed by atoms with E-state index in [4.69, 9.17) is 5.73 Å². The number of nitrogen functional groups attached to an aromatic ring is 1. The number of nitrogens with two attached hydrogens (primary N) is 1. The van der Waals surface area contributed by atoms with Crippen molar-refractivity contribution in [1.82, 2.24) is 20.4 Å². The minimum atomic E-state index is -0.407. The van der Waals surface area contributed by atoms with Crippen LogP contribution in [0.2, 0.25) is 0 Å². The third kappa shape index (κ3) is 2.79. The maximum Gasteiger partial charge on any atom is 0.271 e. The van der Waals surface area contributed by atoms with Crippen molar-refractivity contribution in [2.45, 2.75) is 19.3 Å². The molecule has 0 spiro atoms. The monoisotopic (exact) mass is 251 g/mol. The molecule has 4 N–H and O–H groups in total. The number of carbonyl (C=O) groups excluding carboxylic acids is 2. The number of hydrogen-bond donors (Lipinski definition) is 3. The Morgan fingerprint density at radius 3 is 2.72 bits per heavy atom. The van der Waals surface area contributed by atoms with Gasteiger partial charge in [0.15, 0.2) is 0 Å². The highest BCUT2D eigenvalue weighted by Gasteiger charge is 2.18. The van der Waals surface area contributed by atoms with Gasteiger partial charge in [-0.15, -0.1) is 0 Å². The van der Waals surface area contributed by atoms with Crippen LogP contribution in [0.5, 0.6) is 0 Å². The maximum absolute atomic E-state index is 11.8. The molecule has 0 unspecified atom stereocenters. The number of carbonyl (C=O) groups is 2. The van der Waals surface area contributed by atoms with E-state index in [0.29, 0.717) is 0 Å². The molecule has 1 aromatic heterocycles. The summed E-state index contributed by atoms with van der Waals surface area (Å²) in [5, 5.41) is 8.69. The van der Waals surface area contributed by atoms with Crippen molar-refractivity contribution in [2.24, 2.45) is 0 Å². The van der Waals surface area contributed by atoms with Gasteiger partial charge in [-0.1, -0.05) is 0 Å². The van der Waals surface area contributed by atoms with Crippen LogP contribution in [0.15, 0.2) is 6.20 Å². The Hall–Kier alpha value is -2.05. The molecule has 7 heteroatoms. The average Bonchev–Trinajstić information content (AvgIpc) is 2.83. The van der Waals surface area contributed by atoms with Gasteiger partial charge < -0.3 is 16.0 Å². The highest BCUT2D eigenvalue weighted by molar-refractivity contribution is 5.98. The molecular weight excluding hydrogens is 234 g/mol. The van der Waals surface area contributed by atoms with Crippen LogP contribution in [-0.4, -0.2) is 46.5 Å². The summed E-state index contributed by atoms with van der Waals surface area (Å²) in [5.74, 6) is -0.462. The smallest absolute Gasteiger partial charge is 0.271 e. The molecule has 7 nitrogen and oxygen atoms in total. The number of likely N-dealkylation sites (tertiary alicyclic amines) is 1. The molecular formula is C11H17N5O2. The van der Waals surface area contributed by atoms with Gasteiger partial charge in [-0.2, -0.15) is 5.10 Å². The molecule has 98 valence electrons. The van der Waals surface area contributed by atoms with Crippen molar-refractivity contribution >= 4 is 17.5 Å². The zero-order chi connectivity index (χ0) is 13.0. The zero-order valence-electron chi connectivity index (χ0n) is 10.1. The molecule has 0 aromatic carbocycles. The predicted octanol–water partition coefficient (Wildman–Crippen LogP) is -0.266. The number of amides is 2. The van der Waals surface area contributed by atoms with E-state index >= 15 is 0 Å². The highest BCUT2D eigenvalue weighted by atomic mass is 16.2. The van der Waals surface area contributed by atoms with Crippen molar-refractivity contribution in [1.29, 1.82) is 0 Å². The lowest BCUT2D eigenvalue weighted by molar-refractivity contribution is -0.130. The number of nitrogens with one attached hydrogen (secondary N) is 2. The third-order valence-corrected chi connectivity index (χ3v) is 3.00. The van der Waals surface area contributed by atoms with Crippen molar-refractivity contribution in [3.05, 3.63) is 11.9 Å². The number of aromatic nitrogens is 2. The third-order valence-electron chi connectivity index (χ3n) is 3.00. The van der Waals surface area contributed by atoms with Crippen LogP contribution in [0.3, 0.4) is 0 Å². The van der Waals surface area contributed by atoms with E-state index in [0.717, 1.165) is 25.9 Å². The highest BCUT2D eigenvalue weighted by Crippen LogP contribution is 2.08. The minimum absolute atomic E-state index is 0.00269. The summed E-state index contributed by atoms with van der Waals surface area (Å²) in [6.07, 6.45) is 4.60. The number of aromatic amines is 1. The van der Waals surface area contributed by atoms with Gasteiger partial charge in [0.1, 0.15) is 5.69 Å². The molecule has 2 heterocycles. The molecule has 1 aliphatic rings. The summed E-state index contributed by atoms with van der Waals surface area (Å²) in [4.78, 5) is 25.3. The first kappa shape index (κ1) is 12.4. The van der Waals surface area contributed by atoms with Crippen molar-refractivity contribution in [2.75, 3.05) is 25.4 Å². The summed E-state index contributed by atoms with van der Waals surface area (Å²) < 4.78 is 0. The van der Waals surface area contributed by atoms with Gasteiger partial charge in [0, 0.05) is 13.1 Å². The summed E-state index contributed by atoms with van der Waals surface area (Å²) in [5.41, 5.74) is 6.01. The average molecular weight is 251 g/mol. The van der Waals surface area contributed by atoms with E-state index in [1.807, 2.05) is 0 Å². The molecule has 0 radical (unpaired) electrons. The fraction of sp³-hybridized carbons (Fsp3) is 0.545. The standard InChI is InChI=1S/C11H17N5O2/c12-8-6-14-15-10(8)11(18)13-7-9(17)16-4-2-1-3-5-16/h6H,1-5,7,12H2,(H,13,18)(H,14,15). The van der Waals surface area contributed by atoms with Gasteiger partial charge in [0.2, 0.25) is 5.91 Å². The van der Waals surface area contributed by atoms with Gasteiger partial charge in [-0.05, 0) is 19.3 Å².